The number of anilines is 1. The molecule has 0 radical (unpaired) electrons. The van der Waals surface area contributed by atoms with Crippen molar-refractivity contribution in [3.63, 3.8) is 0 Å². The number of hydrogen-bond acceptors (Lipinski definition) is 6. The molecular formula is C22H29N5O2S. The summed E-state index contributed by atoms with van der Waals surface area (Å²) in [5.41, 5.74) is 1.52. The van der Waals surface area contributed by atoms with Crippen LogP contribution in [0, 0.1) is 0 Å². The number of pyridine rings is 1. The van der Waals surface area contributed by atoms with Crippen LogP contribution in [0.25, 0.3) is 0 Å². The van der Waals surface area contributed by atoms with Crippen molar-refractivity contribution < 1.29 is 9.59 Å². The number of thiazole rings is 1. The van der Waals surface area contributed by atoms with Gasteiger partial charge in [-0.15, -0.1) is 11.3 Å². The molecule has 160 valence electrons. The smallest absolute Gasteiger partial charge is 0.259 e. The van der Waals surface area contributed by atoms with Crippen LogP contribution in [0.3, 0.4) is 0 Å². The maximum absolute atomic E-state index is 12.7. The Labute approximate surface area is 181 Å². The first-order valence-corrected chi connectivity index (χ1v) is 11.7. The average Bonchev–Trinajstić information content (AvgIpc) is 3.28. The molecule has 4 rings (SSSR count). The average molecular weight is 428 g/mol. The molecule has 0 saturated carbocycles. The number of nitrogens with one attached hydrogen (secondary N) is 1. The summed E-state index contributed by atoms with van der Waals surface area (Å²) < 4.78 is 0. The number of carbonyl (C=O) groups is 2. The summed E-state index contributed by atoms with van der Waals surface area (Å²) in [7, 11) is 0. The molecule has 2 amide bonds. The van der Waals surface area contributed by atoms with Crippen molar-refractivity contribution >= 4 is 28.3 Å². The predicted octanol–water partition coefficient (Wildman–Crippen LogP) is 3.37. The zero-order chi connectivity index (χ0) is 20.9. The second kappa shape index (κ2) is 9.66. The number of aromatic nitrogens is 2. The highest BCUT2D eigenvalue weighted by Crippen LogP contribution is 2.27. The Morgan fingerprint density at radius 2 is 1.97 bits per heavy atom. The fraction of sp³-hybridized carbons (Fsp3) is 0.545. The number of nitrogens with zero attached hydrogens (tertiary/aromatic N) is 4. The van der Waals surface area contributed by atoms with E-state index in [1.54, 1.807) is 12.4 Å². The first-order chi connectivity index (χ1) is 14.6. The van der Waals surface area contributed by atoms with Crippen molar-refractivity contribution in [2.45, 2.75) is 51.0 Å². The van der Waals surface area contributed by atoms with Gasteiger partial charge >= 0.3 is 0 Å². The fourth-order valence-electron chi connectivity index (χ4n) is 4.33. The van der Waals surface area contributed by atoms with Crippen LogP contribution in [-0.2, 0) is 4.79 Å². The minimum atomic E-state index is -0.198. The van der Waals surface area contributed by atoms with Gasteiger partial charge in [0, 0.05) is 48.5 Å². The van der Waals surface area contributed by atoms with E-state index in [4.69, 9.17) is 0 Å². The van der Waals surface area contributed by atoms with Gasteiger partial charge in [0.25, 0.3) is 5.91 Å². The van der Waals surface area contributed by atoms with E-state index in [2.05, 4.69) is 27.1 Å². The molecule has 1 atom stereocenters. The summed E-state index contributed by atoms with van der Waals surface area (Å²) in [5, 5.41) is 5.18. The van der Waals surface area contributed by atoms with Gasteiger partial charge in [0.15, 0.2) is 5.13 Å². The molecule has 0 bridgehead atoms. The Bertz CT molecular complexity index is 847. The minimum Gasteiger partial charge on any atom is -0.342 e. The number of amides is 2. The van der Waals surface area contributed by atoms with Crippen molar-refractivity contribution in [2.24, 2.45) is 0 Å². The minimum absolute atomic E-state index is 0.198. The van der Waals surface area contributed by atoms with E-state index in [9.17, 15) is 9.59 Å². The lowest BCUT2D eigenvalue weighted by atomic mass is 9.92. The quantitative estimate of drug-likeness (QED) is 0.792. The van der Waals surface area contributed by atoms with Crippen molar-refractivity contribution in [3.05, 3.63) is 41.2 Å². The van der Waals surface area contributed by atoms with Crippen LogP contribution in [-0.4, -0.2) is 63.8 Å². The first-order valence-electron chi connectivity index (χ1n) is 10.8. The molecule has 1 unspecified atom stereocenters. The highest BCUT2D eigenvalue weighted by molar-refractivity contribution is 7.13. The molecule has 2 aromatic heterocycles. The SMILES string of the molecule is CC1CCCCN1CC(=O)N1CCC(c2ccc(C(=O)Nc3nccs3)cn2)CC1. The Hall–Kier alpha value is -2.32. The maximum Gasteiger partial charge on any atom is 0.259 e. The molecule has 4 heterocycles. The van der Waals surface area contributed by atoms with Gasteiger partial charge in [-0.25, -0.2) is 4.98 Å². The lowest BCUT2D eigenvalue weighted by Gasteiger charge is -2.36. The lowest BCUT2D eigenvalue weighted by Crippen LogP contribution is -2.47. The van der Waals surface area contributed by atoms with Gasteiger partial charge in [0.05, 0.1) is 12.1 Å². The fourth-order valence-corrected chi connectivity index (χ4v) is 4.85. The van der Waals surface area contributed by atoms with E-state index in [-0.39, 0.29) is 11.8 Å². The Morgan fingerprint density at radius 1 is 1.13 bits per heavy atom. The molecule has 0 aromatic carbocycles. The normalized spacial score (nSPS) is 20.8. The van der Waals surface area contributed by atoms with Crippen LogP contribution in [0.15, 0.2) is 29.9 Å². The summed E-state index contributed by atoms with van der Waals surface area (Å²) in [4.78, 5) is 37.9. The number of hydrogen-bond donors (Lipinski definition) is 1. The molecule has 0 spiro atoms. The van der Waals surface area contributed by atoms with Gasteiger partial charge in [-0.1, -0.05) is 6.42 Å². The second-order valence-corrected chi connectivity index (χ2v) is 9.13. The van der Waals surface area contributed by atoms with Crippen molar-refractivity contribution in [2.75, 3.05) is 31.5 Å². The maximum atomic E-state index is 12.7. The molecule has 2 fully saturated rings. The van der Waals surface area contributed by atoms with E-state index < -0.39 is 0 Å². The van der Waals surface area contributed by atoms with E-state index in [0.717, 1.165) is 38.2 Å². The van der Waals surface area contributed by atoms with Crippen LogP contribution < -0.4 is 5.32 Å². The Morgan fingerprint density at radius 3 is 2.63 bits per heavy atom. The van der Waals surface area contributed by atoms with E-state index in [1.165, 1.54) is 30.6 Å². The molecule has 7 nitrogen and oxygen atoms in total. The third-order valence-corrected chi connectivity index (χ3v) is 6.93. The summed E-state index contributed by atoms with van der Waals surface area (Å²) in [6.07, 6.45) is 8.79. The van der Waals surface area contributed by atoms with Crippen LogP contribution >= 0.6 is 11.3 Å². The van der Waals surface area contributed by atoms with Crippen LogP contribution in [0.4, 0.5) is 5.13 Å². The van der Waals surface area contributed by atoms with Crippen molar-refractivity contribution in [3.8, 4) is 0 Å². The van der Waals surface area contributed by atoms with Gasteiger partial charge in [0.1, 0.15) is 0 Å². The number of piperidine rings is 2. The van der Waals surface area contributed by atoms with Gasteiger partial charge in [-0.05, 0) is 51.3 Å². The predicted molar refractivity (Wildman–Crippen MR) is 118 cm³/mol. The molecule has 8 heteroatoms. The third kappa shape index (κ3) is 5.05. The van der Waals surface area contributed by atoms with Gasteiger partial charge in [-0.3, -0.25) is 24.8 Å². The lowest BCUT2D eigenvalue weighted by molar-refractivity contribution is -0.134. The molecule has 0 aliphatic carbocycles. The van der Waals surface area contributed by atoms with Crippen molar-refractivity contribution in [1.29, 1.82) is 0 Å². The topological polar surface area (TPSA) is 78.4 Å². The molecule has 2 aliphatic heterocycles. The summed E-state index contributed by atoms with van der Waals surface area (Å²) in [6.45, 7) is 5.37. The largest absolute Gasteiger partial charge is 0.342 e. The zero-order valence-electron chi connectivity index (χ0n) is 17.4. The molecular weight excluding hydrogens is 398 g/mol. The van der Waals surface area contributed by atoms with Crippen molar-refractivity contribution in [1.82, 2.24) is 19.8 Å². The Kier molecular flexibility index (Phi) is 6.74. The van der Waals surface area contributed by atoms with Gasteiger partial charge in [0.2, 0.25) is 5.91 Å². The van der Waals surface area contributed by atoms with Gasteiger partial charge < -0.3 is 4.90 Å². The molecule has 1 N–H and O–H groups in total. The van der Waals surface area contributed by atoms with Crippen LogP contribution in [0.1, 0.15) is 61.0 Å². The monoisotopic (exact) mass is 427 g/mol. The van der Waals surface area contributed by atoms with E-state index >= 15 is 0 Å². The molecule has 30 heavy (non-hydrogen) atoms. The Balaban J connectivity index is 1.27. The highest BCUT2D eigenvalue weighted by atomic mass is 32.1. The van der Waals surface area contributed by atoms with E-state index in [1.807, 2.05) is 22.4 Å². The summed E-state index contributed by atoms with van der Waals surface area (Å²) in [5.74, 6) is 0.389. The summed E-state index contributed by atoms with van der Waals surface area (Å²) in [6, 6.07) is 4.27. The summed E-state index contributed by atoms with van der Waals surface area (Å²) >= 11 is 1.39. The third-order valence-electron chi connectivity index (χ3n) is 6.25. The standard InChI is InChI=1S/C22H29N5O2S/c1-16-4-2-3-10-27(16)15-20(28)26-11-7-17(8-12-26)19-6-5-18(14-24-19)21(29)25-22-23-9-13-30-22/h5-6,9,13-14,16-17H,2-4,7-8,10-12,15H2,1H3,(H,23,25,29). The highest BCUT2D eigenvalue weighted by Gasteiger charge is 2.27. The number of carbonyl (C=O) groups excluding carboxylic acids is 2. The van der Waals surface area contributed by atoms with Crippen LogP contribution in [0.2, 0.25) is 0 Å². The molecule has 2 aromatic rings. The zero-order valence-corrected chi connectivity index (χ0v) is 18.2. The number of likely N-dealkylation sites (tertiary alicyclic amines) is 2. The first kappa shape index (κ1) is 20.9. The van der Waals surface area contributed by atoms with E-state index in [0.29, 0.717) is 29.2 Å². The number of rotatable bonds is 5. The molecule has 2 aliphatic rings. The second-order valence-electron chi connectivity index (χ2n) is 8.23. The molecule has 2 saturated heterocycles. The van der Waals surface area contributed by atoms with Crippen LogP contribution in [0.5, 0.6) is 0 Å². The van der Waals surface area contributed by atoms with Gasteiger partial charge in [-0.2, -0.15) is 0 Å².